The van der Waals surface area contributed by atoms with Crippen molar-refractivity contribution < 1.29 is 14.7 Å². The van der Waals surface area contributed by atoms with E-state index in [0.717, 1.165) is 19.3 Å². The Morgan fingerprint density at radius 3 is 2.37 bits per heavy atom. The molecule has 1 rings (SSSR count). The second kappa shape index (κ2) is 5.51. The van der Waals surface area contributed by atoms with E-state index in [-0.39, 0.29) is 17.8 Å². The second-order valence-corrected chi connectivity index (χ2v) is 6.53. The van der Waals surface area contributed by atoms with E-state index in [9.17, 15) is 14.7 Å². The Kier molecular flexibility index (Phi) is 4.64. The molecule has 4 nitrogen and oxygen atoms in total. The fraction of sp³-hybridized carbons (Fsp3) is 0.867. The van der Waals surface area contributed by atoms with Gasteiger partial charge in [0, 0.05) is 0 Å². The highest BCUT2D eigenvalue weighted by Gasteiger charge is 2.58. The summed E-state index contributed by atoms with van der Waals surface area (Å²) in [6.45, 7) is 8.30. The first-order valence-corrected chi connectivity index (χ1v) is 7.23. The maximum absolute atomic E-state index is 12.2. The Morgan fingerprint density at radius 1 is 1.42 bits per heavy atom. The van der Waals surface area contributed by atoms with Gasteiger partial charge in [-0.3, -0.25) is 9.59 Å². The molecule has 3 atom stereocenters. The highest BCUT2D eigenvalue weighted by atomic mass is 16.4. The molecule has 4 heteroatoms. The fourth-order valence-electron chi connectivity index (χ4n) is 4.35. The van der Waals surface area contributed by atoms with Crippen molar-refractivity contribution in [1.29, 1.82) is 0 Å². The molecular weight excluding hydrogens is 242 g/mol. The molecule has 1 saturated carbocycles. The van der Waals surface area contributed by atoms with Crippen LogP contribution in [0.4, 0.5) is 0 Å². The summed E-state index contributed by atoms with van der Waals surface area (Å²) in [4.78, 5) is 23.5. The van der Waals surface area contributed by atoms with Gasteiger partial charge in [0.1, 0.15) is 0 Å². The van der Waals surface area contributed by atoms with Crippen molar-refractivity contribution >= 4 is 11.9 Å². The minimum Gasteiger partial charge on any atom is -0.481 e. The maximum Gasteiger partial charge on any atom is 0.304 e. The Labute approximate surface area is 115 Å². The quantitative estimate of drug-likeness (QED) is 0.805. The molecule has 3 N–H and O–H groups in total. The van der Waals surface area contributed by atoms with Gasteiger partial charge in [-0.2, -0.15) is 0 Å². The third kappa shape index (κ3) is 2.49. The van der Waals surface area contributed by atoms with Gasteiger partial charge in [-0.15, -0.1) is 0 Å². The number of carbonyl (C=O) groups excluding carboxylic acids is 1. The minimum atomic E-state index is -0.925. The third-order valence-electron chi connectivity index (χ3n) is 5.39. The SMILES string of the molecule is CCC1(C(C)C)CCC(C)CC1(CC(=O)O)C(N)=O. The molecule has 1 fully saturated rings. The third-order valence-corrected chi connectivity index (χ3v) is 5.39. The van der Waals surface area contributed by atoms with Crippen molar-refractivity contribution in [1.82, 2.24) is 0 Å². The van der Waals surface area contributed by atoms with Crippen LogP contribution in [0.5, 0.6) is 0 Å². The van der Waals surface area contributed by atoms with Crippen LogP contribution in [-0.2, 0) is 9.59 Å². The number of primary amides is 1. The lowest BCUT2D eigenvalue weighted by Gasteiger charge is -2.55. The van der Waals surface area contributed by atoms with Gasteiger partial charge in [0.25, 0.3) is 0 Å². The molecule has 0 aromatic heterocycles. The van der Waals surface area contributed by atoms with Gasteiger partial charge < -0.3 is 10.8 Å². The lowest BCUT2D eigenvalue weighted by Crippen LogP contribution is -2.57. The number of hydrogen-bond acceptors (Lipinski definition) is 2. The van der Waals surface area contributed by atoms with Crippen molar-refractivity contribution in [3.05, 3.63) is 0 Å². The zero-order valence-corrected chi connectivity index (χ0v) is 12.5. The topological polar surface area (TPSA) is 80.4 Å². The zero-order valence-electron chi connectivity index (χ0n) is 12.5. The van der Waals surface area contributed by atoms with E-state index in [4.69, 9.17) is 5.73 Å². The normalized spacial score (nSPS) is 35.3. The van der Waals surface area contributed by atoms with Gasteiger partial charge in [-0.25, -0.2) is 0 Å². The summed E-state index contributed by atoms with van der Waals surface area (Å²) < 4.78 is 0. The van der Waals surface area contributed by atoms with Crippen LogP contribution in [-0.4, -0.2) is 17.0 Å². The molecule has 0 radical (unpaired) electrons. The Bertz CT molecular complexity index is 366. The van der Waals surface area contributed by atoms with Gasteiger partial charge in [0.05, 0.1) is 11.8 Å². The van der Waals surface area contributed by atoms with Crippen LogP contribution in [0, 0.1) is 22.7 Å². The second-order valence-electron chi connectivity index (χ2n) is 6.53. The molecule has 0 saturated heterocycles. The van der Waals surface area contributed by atoms with Gasteiger partial charge in [-0.1, -0.05) is 34.1 Å². The Morgan fingerprint density at radius 2 is 2.00 bits per heavy atom. The molecule has 0 heterocycles. The van der Waals surface area contributed by atoms with Crippen molar-refractivity contribution in [2.24, 2.45) is 28.4 Å². The lowest BCUT2D eigenvalue weighted by atomic mass is 9.47. The molecule has 0 bridgehead atoms. The molecule has 3 unspecified atom stereocenters. The zero-order chi connectivity index (χ0) is 14.8. The van der Waals surface area contributed by atoms with Crippen molar-refractivity contribution in [3.63, 3.8) is 0 Å². The summed E-state index contributed by atoms with van der Waals surface area (Å²) in [6, 6.07) is 0. The number of aliphatic carboxylic acids is 1. The van der Waals surface area contributed by atoms with Crippen LogP contribution in [0.15, 0.2) is 0 Å². The predicted octanol–water partition coefficient (Wildman–Crippen LogP) is 2.81. The lowest BCUT2D eigenvalue weighted by molar-refractivity contribution is -0.162. The molecule has 1 aliphatic rings. The molecule has 0 spiro atoms. The molecule has 1 aliphatic carbocycles. The Hall–Kier alpha value is -1.06. The molecule has 110 valence electrons. The van der Waals surface area contributed by atoms with Crippen LogP contribution in [0.3, 0.4) is 0 Å². The van der Waals surface area contributed by atoms with E-state index in [1.807, 2.05) is 0 Å². The van der Waals surface area contributed by atoms with E-state index in [0.29, 0.717) is 12.3 Å². The average Bonchev–Trinajstić information content (AvgIpc) is 2.28. The number of carboxylic acids is 1. The van der Waals surface area contributed by atoms with Crippen LogP contribution in [0.2, 0.25) is 0 Å². The number of carbonyl (C=O) groups is 2. The fourth-order valence-corrected chi connectivity index (χ4v) is 4.35. The summed E-state index contributed by atoms with van der Waals surface area (Å²) in [5, 5.41) is 9.27. The number of amides is 1. The monoisotopic (exact) mass is 269 g/mol. The standard InChI is InChI=1S/C15H27NO3/c1-5-14(10(2)3)7-6-11(4)8-15(14,13(16)19)9-12(17)18/h10-11H,5-9H2,1-4H3,(H2,16,19)(H,17,18). The molecule has 0 aromatic rings. The molecule has 0 aliphatic heterocycles. The number of nitrogens with two attached hydrogens (primary N) is 1. The summed E-state index contributed by atoms with van der Waals surface area (Å²) in [5.74, 6) is -0.759. The number of carboxylic acid groups (broad SMARTS) is 1. The highest BCUT2D eigenvalue weighted by molar-refractivity contribution is 5.86. The van der Waals surface area contributed by atoms with E-state index in [2.05, 4.69) is 27.7 Å². The van der Waals surface area contributed by atoms with Gasteiger partial charge >= 0.3 is 5.97 Å². The van der Waals surface area contributed by atoms with Crippen LogP contribution in [0.1, 0.15) is 59.8 Å². The highest BCUT2D eigenvalue weighted by Crippen LogP contribution is 2.59. The minimum absolute atomic E-state index is 0.140. The Balaban J connectivity index is 3.38. The van der Waals surface area contributed by atoms with Crippen molar-refractivity contribution in [2.75, 3.05) is 0 Å². The first kappa shape index (κ1) is 16.0. The van der Waals surface area contributed by atoms with Gasteiger partial charge in [0.2, 0.25) is 5.91 Å². The largest absolute Gasteiger partial charge is 0.481 e. The predicted molar refractivity (Wildman–Crippen MR) is 74.5 cm³/mol. The van der Waals surface area contributed by atoms with Crippen molar-refractivity contribution in [2.45, 2.75) is 59.8 Å². The summed E-state index contributed by atoms with van der Waals surface area (Å²) in [7, 11) is 0. The average molecular weight is 269 g/mol. The number of hydrogen-bond donors (Lipinski definition) is 2. The van der Waals surface area contributed by atoms with Crippen molar-refractivity contribution in [3.8, 4) is 0 Å². The van der Waals surface area contributed by atoms with Crippen LogP contribution >= 0.6 is 0 Å². The number of rotatable bonds is 5. The van der Waals surface area contributed by atoms with Gasteiger partial charge in [0.15, 0.2) is 0 Å². The first-order valence-electron chi connectivity index (χ1n) is 7.23. The van der Waals surface area contributed by atoms with Gasteiger partial charge in [-0.05, 0) is 36.5 Å². The summed E-state index contributed by atoms with van der Waals surface area (Å²) in [5.41, 5.74) is 4.51. The summed E-state index contributed by atoms with van der Waals surface area (Å²) >= 11 is 0. The van der Waals surface area contributed by atoms with E-state index in [1.165, 1.54) is 0 Å². The van der Waals surface area contributed by atoms with E-state index >= 15 is 0 Å². The molecular formula is C15H27NO3. The van der Waals surface area contributed by atoms with E-state index < -0.39 is 17.3 Å². The first-order chi connectivity index (χ1) is 8.71. The van der Waals surface area contributed by atoms with E-state index in [1.54, 1.807) is 0 Å². The molecule has 1 amide bonds. The molecule has 0 aromatic carbocycles. The van der Waals surface area contributed by atoms with Crippen LogP contribution < -0.4 is 5.73 Å². The van der Waals surface area contributed by atoms with Crippen LogP contribution in [0.25, 0.3) is 0 Å². The smallest absolute Gasteiger partial charge is 0.304 e. The maximum atomic E-state index is 12.2. The summed E-state index contributed by atoms with van der Waals surface area (Å²) in [6.07, 6.45) is 3.19. The molecule has 19 heavy (non-hydrogen) atoms.